The van der Waals surface area contributed by atoms with E-state index in [4.69, 9.17) is 23.2 Å². The molecule has 0 amide bonds. The van der Waals surface area contributed by atoms with Crippen molar-refractivity contribution in [2.75, 3.05) is 5.32 Å². The van der Waals surface area contributed by atoms with Gasteiger partial charge in [0.25, 0.3) is 5.69 Å². The standard InChI is InChI=1S/C14H12Cl2N2O2/c1-9(10-5-3-2-4-6-10)17-13-7-11(15)12(16)8-14(13)18(19)20/h2-9,17H,1H3. The second kappa shape index (κ2) is 6.11. The highest BCUT2D eigenvalue weighted by Gasteiger charge is 2.18. The van der Waals surface area contributed by atoms with Gasteiger partial charge in [0.1, 0.15) is 5.69 Å². The van der Waals surface area contributed by atoms with E-state index in [2.05, 4.69) is 5.32 Å². The van der Waals surface area contributed by atoms with E-state index < -0.39 is 4.92 Å². The first-order chi connectivity index (χ1) is 9.49. The van der Waals surface area contributed by atoms with Crippen molar-refractivity contribution in [3.8, 4) is 0 Å². The maximum absolute atomic E-state index is 11.1. The van der Waals surface area contributed by atoms with E-state index in [0.29, 0.717) is 5.69 Å². The van der Waals surface area contributed by atoms with Crippen LogP contribution in [0.5, 0.6) is 0 Å². The molecule has 0 spiro atoms. The van der Waals surface area contributed by atoms with Crippen molar-refractivity contribution in [1.82, 2.24) is 0 Å². The topological polar surface area (TPSA) is 55.2 Å². The predicted molar refractivity (Wildman–Crippen MR) is 81.6 cm³/mol. The normalized spacial score (nSPS) is 11.9. The zero-order valence-corrected chi connectivity index (χ0v) is 12.2. The summed E-state index contributed by atoms with van der Waals surface area (Å²) < 4.78 is 0. The number of hydrogen-bond donors (Lipinski definition) is 1. The van der Waals surface area contributed by atoms with E-state index in [0.717, 1.165) is 5.56 Å². The highest BCUT2D eigenvalue weighted by molar-refractivity contribution is 6.42. The zero-order valence-electron chi connectivity index (χ0n) is 10.6. The molecule has 0 saturated carbocycles. The summed E-state index contributed by atoms with van der Waals surface area (Å²) in [5, 5.41) is 14.6. The molecule has 0 saturated heterocycles. The maximum atomic E-state index is 11.1. The van der Waals surface area contributed by atoms with Crippen LogP contribution in [-0.4, -0.2) is 4.92 Å². The predicted octanol–water partition coefficient (Wildman–Crippen LogP) is 5.07. The molecule has 0 aliphatic heterocycles. The third-order valence-corrected chi connectivity index (χ3v) is 3.63. The van der Waals surface area contributed by atoms with Crippen LogP contribution in [0.4, 0.5) is 11.4 Å². The number of hydrogen-bond acceptors (Lipinski definition) is 3. The van der Waals surface area contributed by atoms with E-state index in [1.165, 1.54) is 12.1 Å². The third kappa shape index (κ3) is 3.21. The van der Waals surface area contributed by atoms with E-state index in [-0.39, 0.29) is 21.8 Å². The minimum absolute atomic E-state index is 0.0906. The smallest absolute Gasteiger partial charge is 0.293 e. The Kier molecular flexibility index (Phi) is 4.47. The van der Waals surface area contributed by atoms with Gasteiger partial charge in [0.15, 0.2) is 0 Å². The summed E-state index contributed by atoms with van der Waals surface area (Å²) >= 11 is 11.7. The minimum atomic E-state index is -0.484. The number of nitrogens with zero attached hydrogens (tertiary/aromatic N) is 1. The molecule has 1 atom stereocenters. The van der Waals surface area contributed by atoms with Gasteiger partial charge in [-0.05, 0) is 18.6 Å². The maximum Gasteiger partial charge on any atom is 0.293 e. The molecule has 104 valence electrons. The first kappa shape index (κ1) is 14.6. The van der Waals surface area contributed by atoms with Crippen LogP contribution in [0.2, 0.25) is 10.0 Å². The van der Waals surface area contributed by atoms with Crippen LogP contribution < -0.4 is 5.32 Å². The molecule has 2 rings (SSSR count). The molecular formula is C14H12Cl2N2O2. The van der Waals surface area contributed by atoms with Crippen LogP contribution in [0.3, 0.4) is 0 Å². The number of benzene rings is 2. The number of nitro benzene ring substituents is 1. The van der Waals surface area contributed by atoms with Gasteiger partial charge in [-0.15, -0.1) is 0 Å². The van der Waals surface area contributed by atoms with Gasteiger partial charge in [-0.25, -0.2) is 0 Å². The van der Waals surface area contributed by atoms with Gasteiger partial charge in [-0.3, -0.25) is 10.1 Å². The molecule has 0 aliphatic rings. The summed E-state index contributed by atoms with van der Waals surface area (Å²) in [5.41, 5.74) is 1.27. The molecule has 6 heteroatoms. The van der Waals surface area contributed by atoms with E-state index in [1.807, 2.05) is 37.3 Å². The van der Waals surface area contributed by atoms with Crippen LogP contribution in [0.1, 0.15) is 18.5 Å². The van der Waals surface area contributed by atoms with Gasteiger partial charge in [-0.1, -0.05) is 53.5 Å². The molecule has 1 unspecified atom stereocenters. The van der Waals surface area contributed by atoms with Crippen LogP contribution in [0, 0.1) is 10.1 Å². The Morgan fingerprint density at radius 2 is 1.75 bits per heavy atom. The van der Waals surface area contributed by atoms with Crippen LogP contribution >= 0.6 is 23.2 Å². The fourth-order valence-corrected chi connectivity index (χ4v) is 2.18. The van der Waals surface area contributed by atoms with E-state index >= 15 is 0 Å². The summed E-state index contributed by atoms with van der Waals surface area (Å²) in [6.45, 7) is 1.92. The molecule has 0 aromatic heterocycles. The number of nitrogens with one attached hydrogen (secondary N) is 1. The third-order valence-electron chi connectivity index (χ3n) is 2.91. The minimum Gasteiger partial charge on any atom is -0.373 e. The lowest BCUT2D eigenvalue weighted by Crippen LogP contribution is -2.08. The highest BCUT2D eigenvalue weighted by Crippen LogP contribution is 2.35. The van der Waals surface area contributed by atoms with Crippen molar-refractivity contribution < 1.29 is 4.92 Å². The first-order valence-corrected chi connectivity index (χ1v) is 6.69. The second-order valence-corrected chi connectivity index (χ2v) is 5.13. The molecular weight excluding hydrogens is 299 g/mol. The summed E-state index contributed by atoms with van der Waals surface area (Å²) in [5.74, 6) is 0. The van der Waals surface area contributed by atoms with Crippen molar-refractivity contribution in [3.05, 3.63) is 68.2 Å². The molecule has 0 aliphatic carbocycles. The number of halogens is 2. The zero-order chi connectivity index (χ0) is 14.7. The molecule has 4 nitrogen and oxygen atoms in total. The lowest BCUT2D eigenvalue weighted by atomic mass is 10.1. The Hall–Kier alpha value is -1.78. The summed E-state index contributed by atoms with van der Waals surface area (Å²) in [4.78, 5) is 10.6. The fraction of sp³-hybridized carbons (Fsp3) is 0.143. The van der Waals surface area contributed by atoms with Gasteiger partial charge < -0.3 is 5.32 Å². The van der Waals surface area contributed by atoms with Crippen molar-refractivity contribution >= 4 is 34.6 Å². The average molecular weight is 311 g/mol. The van der Waals surface area contributed by atoms with Gasteiger partial charge >= 0.3 is 0 Å². The average Bonchev–Trinajstić information content (AvgIpc) is 2.43. The lowest BCUT2D eigenvalue weighted by Gasteiger charge is -2.16. The van der Waals surface area contributed by atoms with Gasteiger partial charge in [0.05, 0.1) is 15.0 Å². The Morgan fingerprint density at radius 3 is 2.35 bits per heavy atom. The Balaban J connectivity index is 2.33. The van der Waals surface area contributed by atoms with Gasteiger partial charge in [0, 0.05) is 12.1 Å². The molecule has 2 aromatic rings. The van der Waals surface area contributed by atoms with E-state index in [1.54, 1.807) is 0 Å². The van der Waals surface area contributed by atoms with Crippen LogP contribution in [0.25, 0.3) is 0 Å². The van der Waals surface area contributed by atoms with Gasteiger partial charge in [-0.2, -0.15) is 0 Å². The quantitative estimate of drug-likeness (QED) is 0.633. The van der Waals surface area contributed by atoms with Crippen molar-refractivity contribution in [2.24, 2.45) is 0 Å². The van der Waals surface area contributed by atoms with Crippen LogP contribution in [-0.2, 0) is 0 Å². The molecule has 20 heavy (non-hydrogen) atoms. The lowest BCUT2D eigenvalue weighted by molar-refractivity contribution is -0.384. The van der Waals surface area contributed by atoms with Crippen LogP contribution in [0.15, 0.2) is 42.5 Å². The first-order valence-electron chi connectivity index (χ1n) is 5.94. The van der Waals surface area contributed by atoms with Crippen molar-refractivity contribution in [1.29, 1.82) is 0 Å². The van der Waals surface area contributed by atoms with Crippen molar-refractivity contribution in [3.63, 3.8) is 0 Å². The molecule has 1 N–H and O–H groups in total. The fourth-order valence-electron chi connectivity index (χ4n) is 1.86. The number of rotatable bonds is 4. The Labute approximate surface area is 126 Å². The molecule has 0 radical (unpaired) electrons. The largest absolute Gasteiger partial charge is 0.373 e. The Morgan fingerprint density at radius 1 is 1.15 bits per heavy atom. The summed E-state index contributed by atoms with van der Waals surface area (Å²) in [6.07, 6.45) is 0. The molecule has 0 fully saturated rings. The SMILES string of the molecule is CC(Nc1cc(Cl)c(Cl)cc1[N+](=O)[O-])c1ccccc1. The number of nitro groups is 1. The second-order valence-electron chi connectivity index (χ2n) is 4.32. The molecule has 0 heterocycles. The summed E-state index contributed by atoms with van der Waals surface area (Å²) in [6, 6.07) is 12.3. The highest BCUT2D eigenvalue weighted by atomic mass is 35.5. The van der Waals surface area contributed by atoms with Gasteiger partial charge in [0.2, 0.25) is 0 Å². The van der Waals surface area contributed by atoms with Crippen molar-refractivity contribution in [2.45, 2.75) is 13.0 Å². The monoisotopic (exact) mass is 310 g/mol. The molecule has 0 bridgehead atoms. The number of anilines is 1. The summed E-state index contributed by atoms with van der Waals surface area (Å²) in [7, 11) is 0. The van der Waals surface area contributed by atoms with E-state index in [9.17, 15) is 10.1 Å². The Bertz CT molecular complexity index is 633. The molecule has 2 aromatic carbocycles.